The van der Waals surface area contributed by atoms with Crippen molar-refractivity contribution in [3.63, 3.8) is 0 Å². The van der Waals surface area contributed by atoms with E-state index in [0.29, 0.717) is 111 Å². The molecule has 0 aliphatic carbocycles. The van der Waals surface area contributed by atoms with Gasteiger partial charge in [-0.25, -0.2) is 13.2 Å². The number of methoxy groups -OCH3 is 6. The molecule has 0 saturated heterocycles. The van der Waals surface area contributed by atoms with Gasteiger partial charge in [0, 0.05) is 59.1 Å². The van der Waals surface area contributed by atoms with E-state index in [0.717, 1.165) is 75.3 Å². The fourth-order valence-electron chi connectivity index (χ4n) is 15.2. The summed E-state index contributed by atoms with van der Waals surface area (Å²) in [5.74, 6) is 4.52. The van der Waals surface area contributed by atoms with E-state index in [1.165, 1.54) is 68.3 Å². The summed E-state index contributed by atoms with van der Waals surface area (Å²) in [5, 5.41) is 1.17. The van der Waals surface area contributed by atoms with E-state index in [1.807, 2.05) is 47.2 Å². The van der Waals surface area contributed by atoms with Gasteiger partial charge >= 0.3 is 0 Å². The predicted octanol–water partition coefficient (Wildman–Crippen LogP) is 11.8. The third-order valence-electron chi connectivity index (χ3n) is 20.1. The number of halogens is 5. The van der Waals surface area contributed by atoms with E-state index < -0.39 is 34.3 Å². The van der Waals surface area contributed by atoms with E-state index in [-0.39, 0.29) is 83.6 Å². The van der Waals surface area contributed by atoms with Crippen molar-refractivity contribution in [3.05, 3.63) is 241 Å². The van der Waals surface area contributed by atoms with Gasteiger partial charge in [-0.1, -0.05) is 42.5 Å². The van der Waals surface area contributed by atoms with Gasteiger partial charge in [0.2, 0.25) is 31.9 Å². The Morgan fingerprint density at radius 2 is 0.982 bits per heavy atom. The van der Waals surface area contributed by atoms with Gasteiger partial charge in [0.15, 0.2) is 87.5 Å². The third kappa shape index (κ3) is 13.2. The molecule has 0 fully saturated rings. The first-order chi connectivity index (χ1) is 52.4. The number of hydrogen-bond donors (Lipinski definition) is 0. The molecule has 0 amide bonds. The van der Waals surface area contributed by atoms with Crippen molar-refractivity contribution < 1.29 is 106 Å². The lowest BCUT2D eigenvalue weighted by atomic mass is 9.84. The first-order valence-corrected chi connectivity index (χ1v) is 34.8. The van der Waals surface area contributed by atoms with Crippen molar-refractivity contribution in [1.82, 2.24) is 9.47 Å². The summed E-state index contributed by atoms with van der Waals surface area (Å²) in [7, 11) is 9.33. The van der Waals surface area contributed by atoms with Crippen molar-refractivity contribution in [2.45, 2.75) is 51.7 Å². The largest absolute Gasteiger partial charge is 1.00 e. The second-order valence-electron chi connectivity index (χ2n) is 25.9. The summed E-state index contributed by atoms with van der Waals surface area (Å²) in [6.45, 7) is 3.93. The number of ketones is 3. The summed E-state index contributed by atoms with van der Waals surface area (Å²) in [4.78, 5) is 66.7. The topological polar surface area (TPSA) is 208 Å². The summed E-state index contributed by atoms with van der Waals surface area (Å²) >= 11 is 5.03. The molecular weight excluding hydrogens is 1450 g/mol. The smallest absolute Gasteiger partial charge is 0.262 e. The number of nitrogens with zero attached hydrogens (tertiary/aromatic N) is 3. The minimum absolute atomic E-state index is 0. The maximum absolute atomic E-state index is 14.8. The molecule has 1 unspecified atom stereocenters. The van der Waals surface area contributed by atoms with Gasteiger partial charge in [-0.05, 0) is 163 Å². The van der Waals surface area contributed by atoms with E-state index >= 15 is 0 Å². The molecule has 109 heavy (non-hydrogen) atoms. The van der Waals surface area contributed by atoms with Crippen molar-refractivity contribution in [3.8, 4) is 91.5 Å². The summed E-state index contributed by atoms with van der Waals surface area (Å²) in [6.07, 6.45) is 6.72. The molecule has 25 heteroatoms. The van der Waals surface area contributed by atoms with Crippen LogP contribution in [-0.4, -0.2) is 102 Å². The SMILES string of the molecule is COc1ccc2c(C(=O)c3ccccc3F)c3[n+](cc2c1OC)CCc1cc2c(cc1-3)OCO2.COc1ccc2c(C(=O)c3ccccc3F)c3n(c(=O)c2c1OC)CCc1cc2c(cc1-3)OCO2.COc1ccc2c(c1OC)C(CC(C)=O)N1CCc3cc4c(cc3C1=C2)OCO4.O=C(Cl)c1ccccc1F.[Cl-]. The second-order valence-corrected chi connectivity index (χ2v) is 26.2. The second kappa shape index (κ2) is 30.6. The van der Waals surface area contributed by atoms with Gasteiger partial charge in [-0.15, -0.1) is 0 Å². The molecule has 9 aromatic carbocycles. The number of rotatable bonds is 13. The lowest BCUT2D eigenvalue weighted by Crippen LogP contribution is -3.00. The van der Waals surface area contributed by atoms with Crippen LogP contribution in [0.4, 0.5) is 13.2 Å². The fraction of sp³-hybridized carbons (Fsp3) is 0.214. The Labute approximate surface area is 633 Å². The number of carbonyl (C=O) groups excluding carboxylic acids is 4. The number of aryl methyl sites for hydroxylation is 3. The molecule has 556 valence electrons. The number of Topliss-reactive ketones (excluding diaryl/α,β-unsaturated/α-hetero) is 1. The molecule has 11 aromatic rings. The molecular formula is C84H68Cl2F3N3O17. The van der Waals surface area contributed by atoms with Crippen LogP contribution in [0.2, 0.25) is 0 Å². The van der Waals surface area contributed by atoms with Gasteiger partial charge in [0.1, 0.15) is 28.8 Å². The minimum Gasteiger partial charge on any atom is -1.00 e. The van der Waals surface area contributed by atoms with Crippen LogP contribution < -0.4 is 79.4 Å². The number of ether oxygens (including phenoxy) is 12. The lowest BCUT2D eigenvalue weighted by Gasteiger charge is -2.43. The average molecular weight is 1520 g/mol. The van der Waals surface area contributed by atoms with E-state index in [9.17, 15) is 37.1 Å². The number of hydrogen-bond acceptors (Lipinski definition) is 18. The zero-order valence-corrected chi connectivity index (χ0v) is 61.3. The van der Waals surface area contributed by atoms with Gasteiger partial charge in [-0.2, -0.15) is 4.57 Å². The van der Waals surface area contributed by atoms with Crippen LogP contribution in [0.15, 0.2) is 157 Å². The lowest BCUT2D eigenvalue weighted by molar-refractivity contribution is -0.686. The quantitative estimate of drug-likeness (QED) is 0.0597. The molecule has 20 nitrogen and oxygen atoms in total. The molecule has 0 spiro atoms. The Kier molecular flexibility index (Phi) is 20.7. The normalized spacial score (nSPS) is 14.2. The highest BCUT2D eigenvalue weighted by atomic mass is 35.5. The van der Waals surface area contributed by atoms with E-state index in [4.69, 9.17) is 68.4 Å². The maximum atomic E-state index is 14.8. The molecule has 0 N–H and O–H groups in total. The zero-order chi connectivity index (χ0) is 75.3. The minimum atomic E-state index is -0.766. The highest BCUT2D eigenvalue weighted by molar-refractivity contribution is 6.67. The zero-order valence-electron chi connectivity index (χ0n) is 59.8. The summed E-state index contributed by atoms with van der Waals surface area (Å²) in [6, 6.07) is 39.9. The summed E-state index contributed by atoms with van der Waals surface area (Å²) < 4.78 is 113. The molecule has 0 saturated carbocycles. The van der Waals surface area contributed by atoms with Gasteiger partial charge in [0.25, 0.3) is 10.8 Å². The molecule has 7 aliphatic rings. The Morgan fingerprint density at radius 1 is 0.514 bits per heavy atom. The van der Waals surface area contributed by atoms with E-state index in [2.05, 4.69) is 23.1 Å². The van der Waals surface area contributed by atoms with Crippen LogP contribution in [-0.2, 0) is 37.1 Å². The Hall–Kier alpha value is -12.2. The highest BCUT2D eigenvalue weighted by Gasteiger charge is 2.40. The van der Waals surface area contributed by atoms with Crippen LogP contribution in [0.25, 0.3) is 55.8 Å². The highest BCUT2D eigenvalue weighted by Crippen LogP contribution is 2.52. The van der Waals surface area contributed by atoms with Gasteiger partial charge in [-0.3, -0.25) is 24.0 Å². The van der Waals surface area contributed by atoms with Crippen molar-refractivity contribution >= 4 is 67.5 Å². The molecule has 18 rings (SSSR count). The Morgan fingerprint density at radius 3 is 1.51 bits per heavy atom. The third-order valence-corrected chi connectivity index (χ3v) is 20.3. The van der Waals surface area contributed by atoms with Crippen LogP contribution in [0.3, 0.4) is 0 Å². The van der Waals surface area contributed by atoms with Crippen LogP contribution in [0.5, 0.6) is 69.0 Å². The molecule has 9 heterocycles. The first kappa shape index (κ1) is 73.7. The predicted molar refractivity (Wildman–Crippen MR) is 394 cm³/mol. The number of fused-ring (bicyclic) bond motifs is 15. The molecule has 1 atom stereocenters. The van der Waals surface area contributed by atoms with Crippen molar-refractivity contribution in [1.29, 1.82) is 0 Å². The van der Waals surface area contributed by atoms with Crippen molar-refractivity contribution in [2.24, 2.45) is 0 Å². The number of carbonyl (C=O) groups is 4. The Bertz CT molecular complexity index is 5690. The molecule has 2 aromatic heterocycles. The average Bonchev–Trinajstić information content (AvgIpc) is 1.35. The number of pyridine rings is 2. The van der Waals surface area contributed by atoms with Crippen molar-refractivity contribution in [2.75, 3.05) is 69.6 Å². The Balaban J connectivity index is 0.000000128. The molecule has 0 radical (unpaired) electrons. The number of aromatic nitrogens is 2. The maximum Gasteiger partial charge on any atom is 0.262 e. The number of benzene rings is 9. The van der Waals surface area contributed by atoms with Gasteiger partial charge in [0.05, 0.1) is 93.0 Å². The van der Waals surface area contributed by atoms with Crippen LogP contribution >= 0.6 is 11.6 Å². The monoisotopic (exact) mass is 1520 g/mol. The van der Waals surface area contributed by atoms with Crippen LogP contribution in [0, 0.1) is 17.5 Å². The first-order valence-electron chi connectivity index (χ1n) is 34.4. The summed E-state index contributed by atoms with van der Waals surface area (Å²) in [5.41, 5.74) is 10.3. The standard InChI is InChI=1S/C27H20FNO6.C27H21FNO5.C23H23NO5.C7H4ClFO.ClH/c1-32-19-8-7-16-22(25(30)15-5-3-4-6-18(15)28)24-17-12-21-20(34-13-35-21)11-14(17)9-10-29(24)27(31)23(16)26(19)33-2;1-31-21-8-7-16-19(27(21)32-2)13-29-10-9-15-11-22-23(34-14-33-22)12-18(15)25(29)24(16)26(30)17-5-3-4-6-20(17)28;1-13(25)8-18-22-15(4-5-19(26-2)23(22)27-3)9-17-16-11-21-20(28-12-29-21)10-14(16)6-7-24(17)18;8-7(10)5-3-1-2-4-6(5)9;/h3-8,11-12H,9-10,13H2,1-2H3;3-8,11-13H,9-10,14H2,1-2H3;4-5,9-11,18H,6-8,12H2,1-3H3;1-4H;1H/q;+1;;;/p-1. The molecule has 7 aliphatic heterocycles. The fourth-order valence-corrected chi connectivity index (χ4v) is 15.3. The van der Waals surface area contributed by atoms with Gasteiger partial charge < -0.3 is 78.7 Å². The van der Waals surface area contributed by atoms with E-state index in [1.54, 1.807) is 88.5 Å². The molecule has 0 bridgehead atoms. The van der Waals surface area contributed by atoms with Crippen LogP contribution in [0.1, 0.15) is 95.0 Å².